The molecule has 8 heteroatoms. The van der Waals surface area contributed by atoms with Crippen molar-refractivity contribution in [3.63, 3.8) is 0 Å². The van der Waals surface area contributed by atoms with Gasteiger partial charge in [-0.2, -0.15) is 0 Å². The third-order valence-electron chi connectivity index (χ3n) is 6.58. The van der Waals surface area contributed by atoms with Crippen molar-refractivity contribution in [3.8, 4) is 0 Å². The van der Waals surface area contributed by atoms with Crippen LogP contribution in [0.3, 0.4) is 0 Å². The minimum atomic E-state index is -3.78. The molecular weight excluding hydrogens is 463 g/mol. The molecule has 35 heavy (non-hydrogen) atoms. The minimum Gasteiger partial charge on any atom is -0.378 e. The zero-order valence-corrected chi connectivity index (χ0v) is 21.3. The van der Waals surface area contributed by atoms with Crippen LogP contribution in [-0.4, -0.2) is 60.1 Å². The van der Waals surface area contributed by atoms with Crippen LogP contribution < -0.4 is 14.5 Å². The van der Waals surface area contributed by atoms with Gasteiger partial charge in [-0.05, 0) is 60.5 Å². The lowest BCUT2D eigenvalue weighted by atomic mass is 10.0. The van der Waals surface area contributed by atoms with Gasteiger partial charge >= 0.3 is 0 Å². The first-order valence-electron chi connectivity index (χ1n) is 11.8. The van der Waals surface area contributed by atoms with E-state index in [0.717, 1.165) is 37.4 Å². The molecule has 0 amide bonds. The summed E-state index contributed by atoms with van der Waals surface area (Å²) < 4.78 is 42.5. The highest BCUT2D eigenvalue weighted by molar-refractivity contribution is 7.89. The van der Waals surface area contributed by atoms with Crippen LogP contribution >= 0.6 is 0 Å². The molecule has 1 aliphatic heterocycles. The summed E-state index contributed by atoms with van der Waals surface area (Å²) in [6, 6.07) is 22.3. The van der Waals surface area contributed by atoms with Crippen molar-refractivity contribution in [1.29, 1.82) is 0 Å². The van der Waals surface area contributed by atoms with Gasteiger partial charge in [0.15, 0.2) is 0 Å². The fraction of sp³-hybridized carbons (Fsp3) is 0.333. The Morgan fingerprint density at radius 3 is 2.20 bits per heavy atom. The molecule has 1 fully saturated rings. The molecule has 0 unspecified atom stereocenters. The van der Waals surface area contributed by atoms with Crippen molar-refractivity contribution in [1.82, 2.24) is 9.62 Å². The Bertz CT molecular complexity index is 1230. The average molecular weight is 497 g/mol. The molecule has 6 nitrogen and oxygen atoms in total. The predicted octanol–water partition coefficient (Wildman–Crippen LogP) is 4.04. The Morgan fingerprint density at radius 1 is 0.943 bits per heavy atom. The number of aryl methyl sites for hydroxylation is 1. The van der Waals surface area contributed by atoms with Gasteiger partial charge < -0.3 is 9.80 Å². The minimum absolute atomic E-state index is 0.0759. The van der Waals surface area contributed by atoms with Crippen LogP contribution in [0.1, 0.15) is 17.2 Å². The third kappa shape index (κ3) is 6.01. The van der Waals surface area contributed by atoms with E-state index >= 15 is 0 Å². The molecule has 0 radical (unpaired) electrons. The molecule has 0 saturated carbocycles. The Hall–Kier alpha value is -2.94. The molecule has 186 valence electrons. The van der Waals surface area contributed by atoms with Crippen LogP contribution in [0.2, 0.25) is 0 Å². The maximum atomic E-state index is 13.7. The van der Waals surface area contributed by atoms with Gasteiger partial charge in [0.05, 0.1) is 4.90 Å². The third-order valence-corrected chi connectivity index (χ3v) is 8.00. The number of rotatable bonds is 8. The largest absolute Gasteiger partial charge is 0.378 e. The van der Waals surface area contributed by atoms with Crippen LogP contribution in [0.4, 0.5) is 15.8 Å². The molecule has 0 bridgehead atoms. The zero-order valence-electron chi connectivity index (χ0n) is 20.5. The Morgan fingerprint density at radius 2 is 1.60 bits per heavy atom. The number of nitrogens with zero attached hydrogens (tertiary/aromatic N) is 3. The summed E-state index contributed by atoms with van der Waals surface area (Å²) in [4.78, 5) is 6.81. The second-order valence-corrected chi connectivity index (χ2v) is 10.9. The van der Waals surface area contributed by atoms with Crippen LogP contribution in [0.5, 0.6) is 0 Å². The van der Waals surface area contributed by atoms with Gasteiger partial charge in [0, 0.05) is 64.2 Å². The van der Waals surface area contributed by atoms with E-state index in [9.17, 15) is 12.8 Å². The lowest BCUT2D eigenvalue weighted by molar-refractivity contribution is 0.187. The highest BCUT2D eigenvalue weighted by atomic mass is 32.2. The number of anilines is 2. The molecule has 0 aliphatic carbocycles. The smallest absolute Gasteiger partial charge is 0.240 e. The van der Waals surface area contributed by atoms with Gasteiger partial charge in [-0.25, -0.2) is 17.5 Å². The second-order valence-electron chi connectivity index (χ2n) is 9.12. The topological polar surface area (TPSA) is 55.9 Å². The normalized spacial score (nSPS) is 15.7. The van der Waals surface area contributed by atoms with E-state index in [1.165, 1.54) is 23.9 Å². The Balaban J connectivity index is 1.53. The van der Waals surface area contributed by atoms with E-state index in [4.69, 9.17) is 0 Å². The number of hydrogen-bond donors (Lipinski definition) is 1. The molecule has 1 aliphatic rings. The van der Waals surface area contributed by atoms with Gasteiger partial charge in [0.1, 0.15) is 5.82 Å². The summed E-state index contributed by atoms with van der Waals surface area (Å²) in [6.07, 6.45) is 0. The maximum absolute atomic E-state index is 13.7. The number of hydrogen-bond acceptors (Lipinski definition) is 5. The number of sulfonamides is 1. The fourth-order valence-electron chi connectivity index (χ4n) is 4.44. The van der Waals surface area contributed by atoms with Crippen molar-refractivity contribution in [3.05, 3.63) is 89.7 Å². The first-order valence-corrected chi connectivity index (χ1v) is 13.3. The summed E-state index contributed by atoms with van der Waals surface area (Å²) in [7, 11) is 0.210. The standard InChI is InChI=1S/C27H33FN4O2S/c1-21-19-25(13-14-26(21)28)35(33,34)29-20-27(22-9-11-23(12-10-22)30(2)3)32-17-15-31(16-18-32)24-7-5-4-6-8-24/h4-14,19,27,29H,15-18,20H2,1-3H3/t27-/m1/s1. The summed E-state index contributed by atoms with van der Waals surface area (Å²) in [5, 5.41) is 0. The van der Waals surface area contributed by atoms with E-state index in [-0.39, 0.29) is 17.5 Å². The molecule has 1 saturated heterocycles. The molecule has 0 aromatic heterocycles. The number of piperazine rings is 1. The first kappa shape index (κ1) is 25.2. The number of nitrogens with one attached hydrogen (secondary N) is 1. The van der Waals surface area contributed by atoms with Crippen molar-refractivity contribution in [2.24, 2.45) is 0 Å². The highest BCUT2D eigenvalue weighted by Crippen LogP contribution is 2.26. The zero-order chi connectivity index (χ0) is 25.0. The van der Waals surface area contributed by atoms with Crippen molar-refractivity contribution < 1.29 is 12.8 Å². The average Bonchev–Trinajstić information content (AvgIpc) is 2.87. The molecule has 0 spiro atoms. The molecule has 1 heterocycles. The van der Waals surface area contributed by atoms with Gasteiger partial charge in [0.25, 0.3) is 0 Å². The van der Waals surface area contributed by atoms with Crippen LogP contribution in [0.15, 0.2) is 77.7 Å². The number of halogens is 1. The van der Waals surface area contributed by atoms with Crippen molar-refractivity contribution in [2.75, 3.05) is 56.6 Å². The summed E-state index contributed by atoms with van der Waals surface area (Å²) in [5.74, 6) is -0.418. The highest BCUT2D eigenvalue weighted by Gasteiger charge is 2.27. The van der Waals surface area contributed by atoms with E-state index < -0.39 is 15.8 Å². The van der Waals surface area contributed by atoms with Crippen LogP contribution in [0.25, 0.3) is 0 Å². The molecule has 3 aromatic rings. The van der Waals surface area contributed by atoms with Crippen LogP contribution in [-0.2, 0) is 10.0 Å². The quantitative estimate of drug-likeness (QED) is 0.510. The van der Waals surface area contributed by atoms with E-state index in [1.54, 1.807) is 6.92 Å². The second kappa shape index (κ2) is 10.8. The van der Waals surface area contributed by atoms with E-state index in [0.29, 0.717) is 5.56 Å². The van der Waals surface area contributed by atoms with Gasteiger partial charge in [-0.3, -0.25) is 4.90 Å². The van der Waals surface area contributed by atoms with Gasteiger partial charge in [-0.1, -0.05) is 30.3 Å². The lowest BCUT2D eigenvalue weighted by Crippen LogP contribution is -2.49. The molecular formula is C27H33FN4O2S. The van der Waals surface area contributed by atoms with Crippen molar-refractivity contribution in [2.45, 2.75) is 17.9 Å². The van der Waals surface area contributed by atoms with Crippen LogP contribution in [0, 0.1) is 12.7 Å². The lowest BCUT2D eigenvalue weighted by Gasteiger charge is -2.40. The molecule has 1 N–H and O–H groups in total. The monoisotopic (exact) mass is 496 g/mol. The Labute approximate surface area is 208 Å². The summed E-state index contributed by atoms with van der Waals surface area (Å²) in [6.45, 7) is 5.14. The van der Waals surface area contributed by atoms with Gasteiger partial charge in [-0.15, -0.1) is 0 Å². The molecule has 4 rings (SSSR count). The van der Waals surface area contributed by atoms with E-state index in [2.05, 4.69) is 50.9 Å². The van der Waals surface area contributed by atoms with Gasteiger partial charge in [0.2, 0.25) is 10.0 Å². The van der Waals surface area contributed by atoms with E-state index in [1.807, 2.05) is 37.2 Å². The maximum Gasteiger partial charge on any atom is 0.240 e. The molecule has 3 aromatic carbocycles. The number of para-hydroxylation sites is 1. The number of benzene rings is 3. The van der Waals surface area contributed by atoms with Crippen molar-refractivity contribution >= 4 is 21.4 Å². The summed E-state index contributed by atoms with van der Waals surface area (Å²) in [5.41, 5.74) is 3.65. The molecule has 1 atom stereocenters. The first-order chi connectivity index (χ1) is 16.7. The predicted molar refractivity (Wildman–Crippen MR) is 140 cm³/mol. The Kier molecular flexibility index (Phi) is 7.74. The fourth-order valence-corrected chi connectivity index (χ4v) is 5.56. The summed E-state index contributed by atoms with van der Waals surface area (Å²) >= 11 is 0. The SMILES string of the molecule is Cc1cc(S(=O)(=O)NC[C@H](c2ccc(N(C)C)cc2)N2CCN(c3ccccc3)CC2)ccc1F.